The lowest BCUT2D eigenvalue weighted by Gasteiger charge is -2.17. The summed E-state index contributed by atoms with van der Waals surface area (Å²) in [5, 5.41) is 0.406. The maximum atomic E-state index is 12.4. The van der Waals surface area contributed by atoms with Crippen molar-refractivity contribution in [3.8, 4) is 17.2 Å². The van der Waals surface area contributed by atoms with Crippen molar-refractivity contribution in [2.45, 2.75) is 19.7 Å². The fraction of sp³-hybridized carbons (Fsp3) is 0.300. The van der Waals surface area contributed by atoms with Crippen LogP contribution in [0.1, 0.15) is 11.4 Å². The summed E-state index contributed by atoms with van der Waals surface area (Å²) >= 11 is 0. The van der Waals surface area contributed by atoms with E-state index in [1.165, 1.54) is 26.4 Å². The molecule has 2 aromatic carbocycles. The summed E-state index contributed by atoms with van der Waals surface area (Å²) in [6, 6.07) is 9.66. The highest BCUT2D eigenvalue weighted by Gasteiger charge is 2.12. The lowest BCUT2D eigenvalue weighted by molar-refractivity contribution is -0.0498. The Morgan fingerprint density at radius 2 is 1.72 bits per heavy atom. The molecule has 3 rings (SSSR count). The molecule has 0 unspecified atom stereocenters. The molecule has 7 nitrogen and oxygen atoms in total. The maximum absolute atomic E-state index is 12.4. The molecule has 29 heavy (non-hydrogen) atoms. The van der Waals surface area contributed by atoms with Gasteiger partial charge in [0.05, 0.1) is 31.7 Å². The molecule has 9 heteroatoms. The zero-order valence-electron chi connectivity index (χ0n) is 16.2. The zero-order valence-corrected chi connectivity index (χ0v) is 16.2. The molecule has 3 aromatic rings. The second-order valence-corrected chi connectivity index (χ2v) is 6.43. The minimum atomic E-state index is -2.85. The number of ether oxygens (including phenoxy) is 3. The first kappa shape index (κ1) is 20.5. The van der Waals surface area contributed by atoms with E-state index in [0.717, 1.165) is 5.56 Å². The predicted octanol–water partition coefficient (Wildman–Crippen LogP) is 3.17. The van der Waals surface area contributed by atoms with Crippen LogP contribution in [0.25, 0.3) is 10.9 Å². The van der Waals surface area contributed by atoms with E-state index in [1.807, 2.05) is 11.9 Å². The third-order valence-corrected chi connectivity index (χ3v) is 4.28. The smallest absolute Gasteiger partial charge is 0.387 e. The third kappa shape index (κ3) is 5.00. The minimum Gasteiger partial charge on any atom is -0.493 e. The molecule has 0 saturated heterocycles. The number of alkyl halides is 2. The van der Waals surface area contributed by atoms with E-state index in [0.29, 0.717) is 41.3 Å². The van der Waals surface area contributed by atoms with Crippen molar-refractivity contribution in [1.29, 1.82) is 0 Å². The van der Waals surface area contributed by atoms with Gasteiger partial charge in [-0.05, 0) is 30.8 Å². The number of benzene rings is 2. The second kappa shape index (κ2) is 8.87. The van der Waals surface area contributed by atoms with Crippen molar-refractivity contribution in [3.05, 3.63) is 58.1 Å². The molecule has 0 fully saturated rings. The van der Waals surface area contributed by atoms with Crippen LogP contribution in [0.4, 0.5) is 8.78 Å². The molecule has 154 valence electrons. The normalized spacial score (nSPS) is 11.3. The number of aromatic amines is 1. The van der Waals surface area contributed by atoms with Crippen LogP contribution in [0.2, 0.25) is 0 Å². The van der Waals surface area contributed by atoms with E-state index < -0.39 is 6.61 Å². The number of nitrogens with one attached hydrogen (secondary N) is 1. The highest BCUT2D eigenvalue weighted by atomic mass is 19.3. The van der Waals surface area contributed by atoms with Gasteiger partial charge in [0.1, 0.15) is 11.6 Å². The number of methoxy groups -OCH3 is 2. The quantitative estimate of drug-likeness (QED) is 0.620. The molecular formula is C20H21F2N3O4. The largest absolute Gasteiger partial charge is 0.493 e. The van der Waals surface area contributed by atoms with Crippen LogP contribution in [0.3, 0.4) is 0 Å². The number of hydrogen-bond donors (Lipinski definition) is 1. The summed E-state index contributed by atoms with van der Waals surface area (Å²) < 4.78 is 39.3. The molecule has 0 atom stereocenters. The first-order chi connectivity index (χ1) is 13.9. The predicted molar refractivity (Wildman–Crippen MR) is 104 cm³/mol. The zero-order chi connectivity index (χ0) is 21.0. The number of fused-ring (bicyclic) bond motifs is 1. The van der Waals surface area contributed by atoms with Gasteiger partial charge in [0.2, 0.25) is 0 Å². The van der Waals surface area contributed by atoms with Crippen molar-refractivity contribution in [1.82, 2.24) is 14.9 Å². The monoisotopic (exact) mass is 405 g/mol. The molecule has 0 spiro atoms. The molecule has 0 aliphatic heterocycles. The SMILES string of the molecule is COc1cc2nc(CN(C)Cc3ccc(OC(F)F)cc3)[nH]c(=O)c2cc1OC. The Labute approximate surface area is 165 Å². The summed E-state index contributed by atoms with van der Waals surface area (Å²) in [4.78, 5) is 21.7. The summed E-state index contributed by atoms with van der Waals surface area (Å²) in [5.74, 6) is 1.55. The number of aromatic nitrogens is 2. The van der Waals surface area contributed by atoms with E-state index in [2.05, 4.69) is 14.7 Å². The van der Waals surface area contributed by atoms with Gasteiger partial charge >= 0.3 is 6.61 Å². The van der Waals surface area contributed by atoms with Crippen LogP contribution < -0.4 is 19.8 Å². The van der Waals surface area contributed by atoms with Gasteiger partial charge < -0.3 is 19.2 Å². The van der Waals surface area contributed by atoms with Gasteiger partial charge in [-0.1, -0.05) is 12.1 Å². The van der Waals surface area contributed by atoms with Crippen molar-refractivity contribution in [3.63, 3.8) is 0 Å². The number of nitrogens with zero attached hydrogens (tertiary/aromatic N) is 2. The molecule has 0 saturated carbocycles. The number of H-pyrrole nitrogens is 1. The number of hydrogen-bond acceptors (Lipinski definition) is 6. The Morgan fingerprint density at radius 3 is 2.34 bits per heavy atom. The molecule has 0 aliphatic rings. The second-order valence-electron chi connectivity index (χ2n) is 6.43. The van der Waals surface area contributed by atoms with Crippen LogP contribution in [0.15, 0.2) is 41.2 Å². The van der Waals surface area contributed by atoms with Gasteiger partial charge in [-0.3, -0.25) is 9.69 Å². The Kier molecular flexibility index (Phi) is 6.28. The molecule has 1 N–H and O–H groups in total. The van der Waals surface area contributed by atoms with Gasteiger partial charge in [0.25, 0.3) is 5.56 Å². The molecule has 0 bridgehead atoms. The highest BCUT2D eigenvalue weighted by molar-refractivity contribution is 5.81. The lowest BCUT2D eigenvalue weighted by atomic mass is 10.2. The van der Waals surface area contributed by atoms with Gasteiger partial charge in [-0.2, -0.15) is 8.78 Å². The van der Waals surface area contributed by atoms with Crippen molar-refractivity contribution >= 4 is 10.9 Å². The molecule has 0 aliphatic carbocycles. The van der Waals surface area contributed by atoms with E-state index in [9.17, 15) is 13.6 Å². The van der Waals surface area contributed by atoms with Crippen molar-refractivity contribution < 1.29 is 23.0 Å². The minimum absolute atomic E-state index is 0.108. The Hall–Kier alpha value is -3.20. The average molecular weight is 405 g/mol. The first-order valence-corrected chi connectivity index (χ1v) is 8.77. The Morgan fingerprint density at radius 1 is 1.07 bits per heavy atom. The molecule has 1 heterocycles. The fourth-order valence-electron chi connectivity index (χ4n) is 2.99. The van der Waals surface area contributed by atoms with Gasteiger partial charge in [-0.15, -0.1) is 0 Å². The molecule has 1 aromatic heterocycles. The first-order valence-electron chi connectivity index (χ1n) is 8.77. The average Bonchev–Trinajstić information content (AvgIpc) is 2.68. The lowest BCUT2D eigenvalue weighted by Crippen LogP contribution is -2.22. The van der Waals surface area contributed by atoms with Crippen molar-refractivity contribution in [2.75, 3.05) is 21.3 Å². The summed E-state index contributed by atoms with van der Waals surface area (Å²) in [7, 11) is 4.88. The van der Waals surface area contributed by atoms with Crippen LogP contribution >= 0.6 is 0 Å². The van der Waals surface area contributed by atoms with E-state index in [1.54, 1.807) is 24.3 Å². The van der Waals surface area contributed by atoms with Crippen LogP contribution in [0.5, 0.6) is 17.2 Å². The molecular weight excluding hydrogens is 384 g/mol. The summed E-state index contributed by atoms with van der Waals surface area (Å²) in [6.07, 6.45) is 0. The molecule has 0 amide bonds. The number of halogens is 2. The maximum Gasteiger partial charge on any atom is 0.387 e. The summed E-state index contributed by atoms with van der Waals surface area (Å²) in [5.41, 5.74) is 1.14. The van der Waals surface area contributed by atoms with E-state index >= 15 is 0 Å². The third-order valence-electron chi connectivity index (χ3n) is 4.28. The highest BCUT2D eigenvalue weighted by Crippen LogP contribution is 2.30. The van der Waals surface area contributed by atoms with Crippen LogP contribution in [-0.2, 0) is 13.1 Å². The molecule has 0 radical (unpaired) electrons. The van der Waals surface area contributed by atoms with Crippen LogP contribution in [0, 0.1) is 0 Å². The van der Waals surface area contributed by atoms with Crippen LogP contribution in [-0.4, -0.2) is 42.7 Å². The standard InChI is InChI=1S/C20H21F2N3O4/c1-25(10-12-4-6-13(7-5-12)29-20(21)22)11-18-23-15-9-17(28-3)16(27-2)8-14(15)19(26)24-18/h4-9,20H,10-11H2,1-3H3,(H,23,24,26). The number of rotatable bonds is 8. The van der Waals surface area contributed by atoms with Crippen molar-refractivity contribution in [2.24, 2.45) is 0 Å². The Balaban J connectivity index is 1.76. The Bertz CT molecular complexity index is 1040. The van der Waals surface area contributed by atoms with Gasteiger partial charge in [0.15, 0.2) is 11.5 Å². The van der Waals surface area contributed by atoms with E-state index in [4.69, 9.17) is 9.47 Å². The van der Waals surface area contributed by atoms with Gasteiger partial charge in [-0.25, -0.2) is 4.98 Å². The topological polar surface area (TPSA) is 76.7 Å². The van der Waals surface area contributed by atoms with E-state index in [-0.39, 0.29) is 11.3 Å². The summed E-state index contributed by atoms with van der Waals surface area (Å²) in [6.45, 7) is -1.94. The fourth-order valence-corrected chi connectivity index (χ4v) is 2.99. The van der Waals surface area contributed by atoms with Gasteiger partial charge in [0, 0.05) is 12.6 Å².